The first-order chi connectivity index (χ1) is 7.97. The number of ether oxygens (including phenoxy) is 1. The summed E-state index contributed by atoms with van der Waals surface area (Å²) in [7, 11) is 0. The summed E-state index contributed by atoms with van der Waals surface area (Å²) < 4.78 is 5.69. The van der Waals surface area contributed by atoms with Gasteiger partial charge in [-0.2, -0.15) is 0 Å². The molecule has 0 radical (unpaired) electrons. The molecule has 1 aromatic heterocycles. The van der Waals surface area contributed by atoms with Gasteiger partial charge in [0.15, 0.2) is 5.78 Å². The third-order valence-corrected chi connectivity index (χ3v) is 4.11. The Morgan fingerprint density at radius 1 is 1.47 bits per heavy atom. The summed E-state index contributed by atoms with van der Waals surface area (Å²) >= 11 is 1.47. The molecule has 1 fully saturated rings. The number of nitrogen functional groups attached to an aromatic ring is 1. The lowest BCUT2D eigenvalue weighted by atomic mass is 10.2. The summed E-state index contributed by atoms with van der Waals surface area (Å²) in [5, 5.41) is 1.06. The van der Waals surface area contributed by atoms with Crippen LogP contribution in [0.5, 0.6) is 0 Å². The van der Waals surface area contributed by atoms with Gasteiger partial charge in [0.1, 0.15) is 0 Å². The van der Waals surface area contributed by atoms with Gasteiger partial charge in [-0.1, -0.05) is 0 Å². The minimum atomic E-state index is 0.0353. The second-order valence-electron chi connectivity index (χ2n) is 4.59. The molecular formula is C12H18N2O2S. The highest BCUT2D eigenvalue weighted by molar-refractivity contribution is 7.18. The summed E-state index contributed by atoms with van der Waals surface area (Å²) in [5.74, 6) is 0.0353. The van der Waals surface area contributed by atoms with Crippen LogP contribution in [0, 0.1) is 0 Å². The van der Waals surface area contributed by atoms with Crippen LogP contribution in [0.2, 0.25) is 0 Å². The van der Waals surface area contributed by atoms with Crippen LogP contribution in [-0.2, 0) is 4.74 Å². The molecule has 1 aromatic rings. The van der Waals surface area contributed by atoms with Crippen LogP contribution in [0.4, 0.5) is 10.7 Å². The summed E-state index contributed by atoms with van der Waals surface area (Å²) in [6.07, 6.45) is 0.422. The lowest BCUT2D eigenvalue weighted by Crippen LogP contribution is -2.45. The van der Waals surface area contributed by atoms with Crippen LogP contribution in [0.1, 0.15) is 30.4 Å². The fourth-order valence-electron chi connectivity index (χ4n) is 2.18. The zero-order valence-electron chi connectivity index (χ0n) is 10.4. The first-order valence-corrected chi connectivity index (χ1v) is 6.59. The molecule has 0 amide bonds. The maximum atomic E-state index is 11.4. The molecule has 17 heavy (non-hydrogen) atoms. The Bertz CT molecular complexity index is 420. The average molecular weight is 254 g/mol. The number of carbonyl (C=O) groups excluding carboxylic acids is 1. The van der Waals surface area contributed by atoms with Gasteiger partial charge >= 0.3 is 0 Å². The third kappa shape index (κ3) is 2.61. The molecule has 1 saturated heterocycles. The van der Waals surface area contributed by atoms with E-state index in [0.717, 1.165) is 18.1 Å². The zero-order chi connectivity index (χ0) is 12.6. The number of nitrogens with two attached hydrogens (primary N) is 1. The molecule has 1 aliphatic heterocycles. The van der Waals surface area contributed by atoms with Crippen molar-refractivity contribution in [2.75, 3.05) is 23.7 Å². The molecule has 2 N–H and O–H groups in total. The van der Waals surface area contributed by atoms with Crippen LogP contribution < -0.4 is 10.6 Å². The molecule has 0 aromatic carbocycles. The molecule has 94 valence electrons. The number of hydrogen-bond acceptors (Lipinski definition) is 5. The summed E-state index contributed by atoms with van der Waals surface area (Å²) in [5.41, 5.74) is 6.44. The van der Waals surface area contributed by atoms with Gasteiger partial charge in [0, 0.05) is 20.0 Å². The van der Waals surface area contributed by atoms with Crippen molar-refractivity contribution in [3.8, 4) is 0 Å². The van der Waals surface area contributed by atoms with E-state index in [-0.39, 0.29) is 18.0 Å². The van der Waals surface area contributed by atoms with Crippen molar-refractivity contribution in [3.63, 3.8) is 0 Å². The third-order valence-electron chi connectivity index (χ3n) is 2.80. The Hall–Kier alpha value is -1.07. The van der Waals surface area contributed by atoms with Gasteiger partial charge in [0.25, 0.3) is 0 Å². The van der Waals surface area contributed by atoms with Gasteiger partial charge in [-0.3, -0.25) is 4.79 Å². The van der Waals surface area contributed by atoms with Crippen molar-refractivity contribution in [1.82, 2.24) is 0 Å². The summed E-state index contributed by atoms with van der Waals surface area (Å²) in [4.78, 5) is 14.3. The number of hydrogen-bond donors (Lipinski definition) is 1. The van der Waals surface area contributed by atoms with Crippen molar-refractivity contribution in [3.05, 3.63) is 10.9 Å². The Labute approximate surface area is 105 Å². The highest BCUT2D eigenvalue weighted by atomic mass is 32.1. The second kappa shape index (κ2) is 4.66. The van der Waals surface area contributed by atoms with E-state index in [2.05, 4.69) is 18.7 Å². The fraction of sp³-hybridized carbons (Fsp3) is 0.583. The number of morpholine rings is 1. The number of thiophene rings is 1. The van der Waals surface area contributed by atoms with Gasteiger partial charge in [-0.05, 0) is 19.9 Å². The van der Waals surface area contributed by atoms with Crippen molar-refractivity contribution in [2.24, 2.45) is 0 Å². The molecule has 2 rings (SSSR count). The molecule has 0 bridgehead atoms. The number of carbonyl (C=O) groups is 1. The fourth-order valence-corrected chi connectivity index (χ4v) is 3.17. The standard InChI is InChI=1S/C12H18N2O2S/c1-7-5-14(6-8(2)16-7)11-4-10(13)12(17-11)9(3)15/h4,7-8H,5-6,13H2,1-3H3/t7-,8+. The molecule has 2 heterocycles. The van der Waals surface area contributed by atoms with E-state index in [9.17, 15) is 4.79 Å². The van der Waals surface area contributed by atoms with Crippen molar-refractivity contribution < 1.29 is 9.53 Å². The van der Waals surface area contributed by atoms with Gasteiger partial charge in [-0.25, -0.2) is 0 Å². The normalized spacial score (nSPS) is 25.0. The Morgan fingerprint density at radius 2 is 2.06 bits per heavy atom. The second-order valence-corrected chi connectivity index (χ2v) is 5.62. The van der Waals surface area contributed by atoms with Crippen LogP contribution in [0.15, 0.2) is 6.07 Å². The minimum absolute atomic E-state index is 0.0353. The molecule has 4 nitrogen and oxygen atoms in total. The van der Waals surface area contributed by atoms with E-state index < -0.39 is 0 Å². The quantitative estimate of drug-likeness (QED) is 0.822. The number of anilines is 2. The van der Waals surface area contributed by atoms with E-state index in [1.807, 2.05) is 6.07 Å². The Morgan fingerprint density at radius 3 is 2.53 bits per heavy atom. The number of ketones is 1. The van der Waals surface area contributed by atoms with Crippen molar-refractivity contribution in [2.45, 2.75) is 33.0 Å². The highest BCUT2D eigenvalue weighted by Crippen LogP contribution is 2.33. The number of rotatable bonds is 2. The maximum Gasteiger partial charge on any atom is 0.171 e. The van der Waals surface area contributed by atoms with E-state index in [1.54, 1.807) is 6.92 Å². The zero-order valence-corrected chi connectivity index (χ0v) is 11.2. The van der Waals surface area contributed by atoms with E-state index >= 15 is 0 Å². The lowest BCUT2D eigenvalue weighted by Gasteiger charge is -2.35. The first kappa shape index (κ1) is 12.4. The van der Waals surface area contributed by atoms with Gasteiger partial charge in [0.05, 0.1) is 27.8 Å². The van der Waals surface area contributed by atoms with E-state index in [1.165, 1.54) is 11.3 Å². The van der Waals surface area contributed by atoms with Gasteiger partial charge < -0.3 is 15.4 Å². The lowest BCUT2D eigenvalue weighted by molar-refractivity contribution is -0.00500. The van der Waals surface area contributed by atoms with Crippen molar-refractivity contribution in [1.29, 1.82) is 0 Å². The average Bonchev–Trinajstić information content (AvgIpc) is 2.59. The van der Waals surface area contributed by atoms with E-state index in [0.29, 0.717) is 10.6 Å². The van der Waals surface area contributed by atoms with Crippen LogP contribution in [0.3, 0.4) is 0 Å². The Balaban J connectivity index is 2.22. The molecule has 0 spiro atoms. The minimum Gasteiger partial charge on any atom is -0.397 e. The van der Waals surface area contributed by atoms with Crippen LogP contribution >= 0.6 is 11.3 Å². The van der Waals surface area contributed by atoms with Gasteiger partial charge in [-0.15, -0.1) is 11.3 Å². The number of nitrogens with zero attached hydrogens (tertiary/aromatic N) is 1. The largest absolute Gasteiger partial charge is 0.397 e. The molecule has 5 heteroatoms. The number of Topliss-reactive ketones (excluding diaryl/α,β-unsaturated/α-hetero) is 1. The first-order valence-electron chi connectivity index (χ1n) is 5.78. The molecule has 0 saturated carbocycles. The molecule has 0 unspecified atom stereocenters. The van der Waals surface area contributed by atoms with E-state index in [4.69, 9.17) is 10.5 Å². The molecule has 0 aliphatic carbocycles. The smallest absolute Gasteiger partial charge is 0.171 e. The monoisotopic (exact) mass is 254 g/mol. The van der Waals surface area contributed by atoms with Gasteiger partial charge in [0.2, 0.25) is 0 Å². The summed E-state index contributed by atoms with van der Waals surface area (Å²) in [6.45, 7) is 7.37. The predicted molar refractivity (Wildman–Crippen MR) is 71.0 cm³/mol. The molecule has 2 atom stereocenters. The Kier molecular flexibility index (Phi) is 3.40. The highest BCUT2D eigenvalue weighted by Gasteiger charge is 2.24. The SMILES string of the molecule is CC(=O)c1sc(N2C[C@@H](C)O[C@@H](C)C2)cc1N. The van der Waals surface area contributed by atoms with Crippen LogP contribution in [-0.4, -0.2) is 31.1 Å². The maximum absolute atomic E-state index is 11.4. The molecule has 1 aliphatic rings. The predicted octanol–water partition coefficient (Wildman–Crippen LogP) is 2.15. The topological polar surface area (TPSA) is 55.6 Å². The summed E-state index contributed by atoms with van der Waals surface area (Å²) in [6, 6.07) is 1.90. The van der Waals surface area contributed by atoms with Crippen LogP contribution in [0.25, 0.3) is 0 Å². The van der Waals surface area contributed by atoms with Crippen molar-refractivity contribution >= 4 is 27.8 Å². The molecular weight excluding hydrogens is 236 g/mol.